The zero-order chi connectivity index (χ0) is 4.83. The van der Waals surface area contributed by atoms with Crippen LogP contribution in [0, 0.1) is 28.8 Å². The zero-order valence-corrected chi connectivity index (χ0v) is 3.79. The number of nitriles is 1. The van der Waals surface area contributed by atoms with Crippen LogP contribution in [-0.4, -0.2) is 0 Å². The Labute approximate surface area is 38.5 Å². The van der Waals surface area contributed by atoms with Gasteiger partial charge in [-0.15, -0.1) is 0 Å². The van der Waals surface area contributed by atoms with Crippen molar-refractivity contribution in [3.05, 3.63) is 0 Å². The van der Waals surface area contributed by atoms with Gasteiger partial charge in [0.2, 0.25) is 0 Å². The molecule has 0 aliphatic carbocycles. The molecule has 26 valence electrons. The van der Waals surface area contributed by atoms with E-state index in [2.05, 4.69) is 26.2 Å². The molecule has 0 aromatic carbocycles. The van der Waals surface area contributed by atoms with Gasteiger partial charge in [0.25, 0.3) is 0 Å². The van der Waals surface area contributed by atoms with Gasteiger partial charge in [-0.3, -0.25) is 0 Å². The molecule has 0 rings (SSSR count). The first-order valence-electron chi connectivity index (χ1n) is 1.20. The van der Waals surface area contributed by atoms with Gasteiger partial charge in [0, 0.05) is 0 Å². The average molecular weight is 93.0 g/mol. The van der Waals surface area contributed by atoms with E-state index in [1.54, 1.807) is 6.07 Å². The van der Waals surface area contributed by atoms with Crippen molar-refractivity contribution in [1.29, 1.82) is 5.26 Å². The number of hydrogen-bond donors (Lipinski definition) is 0. The van der Waals surface area contributed by atoms with Crippen LogP contribution in [0.5, 0.6) is 0 Å². The number of nitrogens with zero attached hydrogens (tertiary/aromatic N) is 1. The van der Waals surface area contributed by atoms with Crippen LogP contribution in [-0.2, 0) is 0 Å². The monoisotopic (exact) mass is 93.0 g/mol. The molecule has 0 unspecified atom stereocenters. The SMILES string of the molecule is N#CC#CC#P. The third-order valence-electron chi connectivity index (χ3n) is 0.174. The van der Waals surface area contributed by atoms with Gasteiger partial charge in [0.15, 0.2) is 0 Å². The number of hydrogen-bond acceptors (Lipinski definition) is 1. The van der Waals surface area contributed by atoms with E-state index in [-0.39, 0.29) is 0 Å². The van der Waals surface area contributed by atoms with E-state index >= 15 is 0 Å². The predicted molar refractivity (Wildman–Crippen MR) is 24.2 cm³/mol. The van der Waals surface area contributed by atoms with Gasteiger partial charge in [-0.25, -0.2) is 0 Å². The molecule has 2 heteroatoms. The van der Waals surface area contributed by atoms with Gasteiger partial charge in [-0.05, 0) is 0 Å². The molecule has 0 N–H and O–H groups in total. The molecule has 6 heavy (non-hydrogen) atoms. The van der Waals surface area contributed by atoms with E-state index in [0.29, 0.717) is 0 Å². The molecule has 0 aliphatic heterocycles. The summed E-state index contributed by atoms with van der Waals surface area (Å²) in [5.41, 5.74) is 2.18. The van der Waals surface area contributed by atoms with Crippen molar-refractivity contribution >= 4 is 8.70 Å². The topological polar surface area (TPSA) is 23.8 Å². The van der Waals surface area contributed by atoms with Crippen molar-refractivity contribution in [2.24, 2.45) is 0 Å². The van der Waals surface area contributed by atoms with E-state index < -0.39 is 0 Å². The van der Waals surface area contributed by atoms with E-state index in [1.165, 1.54) is 0 Å². The van der Waals surface area contributed by atoms with Crippen LogP contribution in [0.3, 0.4) is 0 Å². The summed E-state index contributed by atoms with van der Waals surface area (Å²) >= 11 is 0. The molecule has 0 fully saturated rings. The Morgan fingerprint density at radius 1 is 1.33 bits per heavy atom. The summed E-state index contributed by atoms with van der Waals surface area (Å²) in [5.74, 6) is 4.27. The van der Waals surface area contributed by atoms with Crippen molar-refractivity contribution in [3.8, 4) is 23.5 Å². The summed E-state index contributed by atoms with van der Waals surface area (Å²) in [6.07, 6.45) is 0. The molecule has 0 spiro atoms. The number of rotatable bonds is 0. The minimum atomic E-state index is 1.60. The molecule has 0 heterocycles. The van der Waals surface area contributed by atoms with Gasteiger partial charge < -0.3 is 0 Å². The Bertz CT molecular complexity index is 141. The molecule has 0 saturated carbocycles. The molecule has 0 atom stereocenters. The Kier molecular flexibility index (Phi) is 3.73. The van der Waals surface area contributed by atoms with Crippen molar-refractivity contribution in [2.75, 3.05) is 0 Å². The van der Waals surface area contributed by atoms with Crippen LogP contribution in [0.2, 0.25) is 0 Å². The first-order valence-corrected chi connectivity index (χ1v) is 1.64. The molecule has 0 aromatic heterocycles. The molecule has 1 nitrogen and oxygen atoms in total. The van der Waals surface area contributed by atoms with Crippen LogP contribution in [0.15, 0.2) is 0 Å². The maximum absolute atomic E-state index is 7.70. The molecule has 0 saturated heterocycles. The van der Waals surface area contributed by atoms with Crippen LogP contribution in [0.4, 0.5) is 0 Å². The first-order chi connectivity index (χ1) is 2.91. The Hall–Kier alpha value is -0.740. The molecular weight excluding hydrogens is 93.0 g/mol. The van der Waals surface area contributed by atoms with Gasteiger partial charge in [0.05, 0.1) is 0 Å². The first kappa shape index (κ1) is 5.26. The Balaban J connectivity index is 3.60. The molecule has 0 amide bonds. The second-order valence-electron chi connectivity index (χ2n) is 0.474. The van der Waals surface area contributed by atoms with E-state index in [0.717, 1.165) is 0 Å². The molecule has 0 aromatic rings. The summed E-state index contributed by atoms with van der Waals surface area (Å²) in [6, 6.07) is 1.60. The standard InChI is InChI=1S/C4NP/c5-3-1-2-4-6. The second kappa shape index (κ2) is 4.26. The summed E-state index contributed by atoms with van der Waals surface area (Å²) in [7, 11) is 3.48. The minimum absolute atomic E-state index is 1.60. The van der Waals surface area contributed by atoms with Gasteiger partial charge >= 0.3 is 37.5 Å². The summed E-state index contributed by atoms with van der Waals surface area (Å²) in [6.45, 7) is 0. The third-order valence-corrected chi connectivity index (χ3v) is 0.286. The van der Waals surface area contributed by atoms with Crippen molar-refractivity contribution in [3.63, 3.8) is 0 Å². The average Bonchev–Trinajstić information content (AvgIpc) is 1.61. The van der Waals surface area contributed by atoms with E-state index in [1.807, 2.05) is 0 Å². The normalized spacial score (nSPS) is 3.00. The zero-order valence-electron chi connectivity index (χ0n) is 2.89. The quantitative estimate of drug-likeness (QED) is 0.322. The van der Waals surface area contributed by atoms with Crippen LogP contribution >= 0.6 is 8.70 Å². The van der Waals surface area contributed by atoms with Crippen molar-refractivity contribution in [1.82, 2.24) is 0 Å². The van der Waals surface area contributed by atoms with Gasteiger partial charge in [-0.1, -0.05) is 0 Å². The molecule has 0 aliphatic rings. The second-order valence-corrected chi connectivity index (χ2v) is 0.697. The van der Waals surface area contributed by atoms with E-state index in [4.69, 9.17) is 5.26 Å². The van der Waals surface area contributed by atoms with Crippen molar-refractivity contribution < 1.29 is 0 Å². The van der Waals surface area contributed by atoms with Gasteiger partial charge in [-0.2, -0.15) is 0 Å². The van der Waals surface area contributed by atoms with Crippen LogP contribution in [0.1, 0.15) is 0 Å². The Morgan fingerprint density at radius 2 is 2.00 bits per heavy atom. The molecule has 0 bridgehead atoms. The fourth-order valence-electron chi connectivity index (χ4n) is 0.0559. The summed E-state index contributed by atoms with van der Waals surface area (Å²) in [4.78, 5) is 0. The predicted octanol–water partition coefficient (Wildman–Crippen LogP) is 0.883. The third kappa shape index (κ3) is 3.26. The molecule has 0 radical (unpaired) electrons. The van der Waals surface area contributed by atoms with Gasteiger partial charge in [0.1, 0.15) is 0 Å². The fraction of sp³-hybridized carbons (Fsp3) is 0. The maximum atomic E-state index is 7.70. The fourth-order valence-corrected chi connectivity index (χ4v) is 0.112. The van der Waals surface area contributed by atoms with Crippen molar-refractivity contribution in [2.45, 2.75) is 0 Å². The summed E-state index contributed by atoms with van der Waals surface area (Å²) < 4.78 is 0. The molecular formula is C4NP. The van der Waals surface area contributed by atoms with Crippen LogP contribution in [0.25, 0.3) is 0 Å². The summed E-state index contributed by atoms with van der Waals surface area (Å²) in [5, 5.41) is 7.70. The Morgan fingerprint density at radius 3 is 2.17 bits per heavy atom. The van der Waals surface area contributed by atoms with Crippen LogP contribution < -0.4 is 0 Å². The van der Waals surface area contributed by atoms with E-state index in [9.17, 15) is 0 Å².